The lowest BCUT2D eigenvalue weighted by atomic mass is 10.1. The van der Waals surface area contributed by atoms with Crippen molar-refractivity contribution in [3.05, 3.63) is 58.0 Å². The summed E-state index contributed by atoms with van der Waals surface area (Å²) < 4.78 is 13.3. The highest BCUT2D eigenvalue weighted by atomic mass is 19.1. The highest BCUT2D eigenvalue weighted by molar-refractivity contribution is 5.91. The third-order valence-corrected chi connectivity index (χ3v) is 5.07. The molecule has 4 N–H and O–H groups in total. The third-order valence-electron chi connectivity index (χ3n) is 5.07. The summed E-state index contributed by atoms with van der Waals surface area (Å²) in [7, 11) is 0. The van der Waals surface area contributed by atoms with Crippen molar-refractivity contribution in [2.45, 2.75) is 25.6 Å². The summed E-state index contributed by atoms with van der Waals surface area (Å²) in [5.74, 6) is -0.670. The molecule has 1 aromatic carbocycles. The van der Waals surface area contributed by atoms with Crippen LogP contribution in [0.25, 0.3) is 22.2 Å². The van der Waals surface area contributed by atoms with Crippen molar-refractivity contribution in [1.29, 1.82) is 0 Å². The highest BCUT2D eigenvalue weighted by Gasteiger charge is 2.18. The molecule has 1 fully saturated rings. The van der Waals surface area contributed by atoms with Crippen molar-refractivity contribution in [3.63, 3.8) is 0 Å². The van der Waals surface area contributed by atoms with E-state index in [9.17, 15) is 14.0 Å². The minimum Gasteiger partial charge on any atom is -0.364 e. The van der Waals surface area contributed by atoms with E-state index >= 15 is 0 Å². The van der Waals surface area contributed by atoms with Gasteiger partial charge in [0.25, 0.3) is 11.5 Å². The molecule has 27 heavy (non-hydrogen) atoms. The van der Waals surface area contributed by atoms with Gasteiger partial charge in [0.1, 0.15) is 11.9 Å². The number of amides is 1. The topological polar surface area (TPSA) is 95.0 Å². The molecule has 1 saturated heterocycles. The molecule has 0 bridgehead atoms. The van der Waals surface area contributed by atoms with Crippen LogP contribution in [-0.4, -0.2) is 40.0 Å². The van der Waals surface area contributed by atoms with Crippen LogP contribution in [0.5, 0.6) is 0 Å². The van der Waals surface area contributed by atoms with Crippen molar-refractivity contribution in [2.75, 3.05) is 13.1 Å². The number of carbonyl (C=O) groups is 1. The average Bonchev–Trinajstić information content (AvgIpc) is 3.06. The monoisotopic (exact) mass is 368 g/mol. The molecule has 1 aliphatic heterocycles. The molecule has 140 valence electrons. The fourth-order valence-corrected chi connectivity index (χ4v) is 3.57. The predicted molar refractivity (Wildman–Crippen MR) is 102 cm³/mol. The number of primary amides is 1. The molecule has 0 saturated carbocycles. The number of nitrogens with one attached hydrogen (secondary N) is 2. The molecule has 4 rings (SSSR count). The molecule has 0 aliphatic carbocycles. The number of aromatic nitrogens is 2. The van der Waals surface area contributed by atoms with Crippen molar-refractivity contribution in [1.82, 2.24) is 14.9 Å². The number of pyridine rings is 1. The Labute approximate surface area is 155 Å². The molecule has 3 heterocycles. The summed E-state index contributed by atoms with van der Waals surface area (Å²) in [4.78, 5) is 31.4. The summed E-state index contributed by atoms with van der Waals surface area (Å²) in [6.45, 7) is 2.34. The Morgan fingerprint density at radius 3 is 2.63 bits per heavy atom. The van der Waals surface area contributed by atoms with E-state index in [1.165, 1.54) is 6.07 Å². The normalized spacial score (nSPS) is 16.0. The van der Waals surface area contributed by atoms with Gasteiger partial charge in [-0.05, 0) is 48.7 Å². The maximum Gasteiger partial charge on any atom is 0.265 e. The second-order valence-corrected chi connectivity index (χ2v) is 7.03. The largest absolute Gasteiger partial charge is 0.364 e. The SMILES string of the molecule is NC(=O)c1ccc(-c2cc3cc(CN4CCC(F)CC4)ccc3[nH]2)c(=O)[nH]1. The van der Waals surface area contributed by atoms with Gasteiger partial charge in [0, 0.05) is 30.5 Å². The Kier molecular flexibility index (Phi) is 4.53. The molecule has 0 radical (unpaired) electrons. The second-order valence-electron chi connectivity index (χ2n) is 7.03. The number of H-pyrrole nitrogens is 2. The maximum absolute atomic E-state index is 13.3. The van der Waals surface area contributed by atoms with Crippen LogP contribution >= 0.6 is 0 Å². The van der Waals surface area contributed by atoms with Crippen LogP contribution in [-0.2, 0) is 6.54 Å². The van der Waals surface area contributed by atoms with E-state index in [2.05, 4.69) is 20.9 Å². The summed E-state index contributed by atoms with van der Waals surface area (Å²) in [6, 6.07) is 11.1. The van der Waals surface area contributed by atoms with Crippen LogP contribution in [0.1, 0.15) is 28.9 Å². The van der Waals surface area contributed by atoms with Gasteiger partial charge in [0.2, 0.25) is 0 Å². The molecular formula is C20H21FN4O2. The number of piperidine rings is 1. The number of nitrogens with two attached hydrogens (primary N) is 1. The number of rotatable bonds is 4. The van der Waals surface area contributed by atoms with Gasteiger partial charge in [-0.15, -0.1) is 0 Å². The minimum absolute atomic E-state index is 0.0826. The van der Waals surface area contributed by atoms with Crippen LogP contribution in [0.3, 0.4) is 0 Å². The van der Waals surface area contributed by atoms with Gasteiger partial charge in [-0.2, -0.15) is 0 Å². The number of carbonyl (C=O) groups excluding carboxylic acids is 1. The van der Waals surface area contributed by atoms with Gasteiger partial charge in [-0.3, -0.25) is 14.5 Å². The van der Waals surface area contributed by atoms with Crippen LogP contribution in [0.2, 0.25) is 0 Å². The van der Waals surface area contributed by atoms with Gasteiger partial charge < -0.3 is 15.7 Å². The molecule has 7 heteroatoms. The van der Waals surface area contributed by atoms with E-state index in [-0.39, 0.29) is 11.3 Å². The molecule has 1 aliphatic rings. The molecule has 6 nitrogen and oxygen atoms in total. The van der Waals surface area contributed by atoms with Gasteiger partial charge >= 0.3 is 0 Å². The zero-order valence-corrected chi connectivity index (χ0v) is 14.8. The highest BCUT2D eigenvalue weighted by Crippen LogP contribution is 2.24. The van der Waals surface area contributed by atoms with Crippen LogP contribution < -0.4 is 11.3 Å². The van der Waals surface area contributed by atoms with Crippen molar-refractivity contribution >= 4 is 16.8 Å². The number of likely N-dealkylation sites (tertiary alicyclic amines) is 1. The molecule has 0 atom stereocenters. The molecule has 3 aromatic rings. The molecular weight excluding hydrogens is 347 g/mol. The molecule has 0 spiro atoms. The summed E-state index contributed by atoms with van der Waals surface area (Å²) in [5.41, 5.74) is 8.11. The number of fused-ring (bicyclic) bond motifs is 1. The minimum atomic E-state index is -0.671. The van der Waals surface area contributed by atoms with Crippen LogP contribution in [0.4, 0.5) is 4.39 Å². The fourth-order valence-electron chi connectivity index (χ4n) is 3.57. The zero-order chi connectivity index (χ0) is 19.0. The fraction of sp³-hybridized carbons (Fsp3) is 0.300. The number of hydrogen-bond donors (Lipinski definition) is 3. The predicted octanol–water partition coefficient (Wildman–Crippen LogP) is 2.56. The summed E-state index contributed by atoms with van der Waals surface area (Å²) >= 11 is 0. The molecule has 0 unspecified atom stereocenters. The number of hydrogen-bond acceptors (Lipinski definition) is 3. The maximum atomic E-state index is 13.3. The standard InChI is InChI=1S/C20H21FN4O2/c21-14-5-7-25(8-6-14)11-12-1-3-16-13(9-12)10-18(23-16)15-2-4-17(19(22)26)24-20(15)27/h1-4,9-10,14,23H,5-8,11H2,(H2,22,26)(H,24,27). The summed E-state index contributed by atoms with van der Waals surface area (Å²) in [5, 5.41) is 1.00. The van der Waals surface area contributed by atoms with Gasteiger partial charge in [0.05, 0.1) is 11.3 Å². The first kappa shape index (κ1) is 17.5. The number of aromatic amines is 2. The van der Waals surface area contributed by atoms with E-state index in [0.717, 1.165) is 36.1 Å². The smallest absolute Gasteiger partial charge is 0.265 e. The second kappa shape index (κ2) is 7.00. The van der Waals surface area contributed by atoms with Gasteiger partial charge in [-0.1, -0.05) is 6.07 Å². The van der Waals surface area contributed by atoms with E-state index in [0.29, 0.717) is 24.1 Å². The lowest BCUT2D eigenvalue weighted by Gasteiger charge is -2.28. The number of benzene rings is 1. The van der Waals surface area contributed by atoms with Crippen LogP contribution in [0, 0.1) is 0 Å². The Morgan fingerprint density at radius 1 is 1.15 bits per heavy atom. The zero-order valence-electron chi connectivity index (χ0n) is 14.8. The van der Waals surface area contributed by atoms with E-state index in [1.54, 1.807) is 6.07 Å². The quantitative estimate of drug-likeness (QED) is 0.660. The summed E-state index contributed by atoms with van der Waals surface area (Å²) in [6.07, 6.45) is 0.524. The van der Waals surface area contributed by atoms with Crippen LogP contribution in [0.15, 0.2) is 41.2 Å². The van der Waals surface area contributed by atoms with E-state index < -0.39 is 12.1 Å². The lowest BCUT2D eigenvalue weighted by molar-refractivity contribution is 0.0995. The Bertz CT molecular complexity index is 1050. The molecule has 1 amide bonds. The number of alkyl halides is 1. The Morgan fingerprint density at radius 2 is 1.93 bits per heavy atom. The first-order valence-electron chi connectivity index (χ1n) is 9.01. The first-order valence-corrected chi connectivity index (χ1v) is 9.01. The first-order chi connectivity index (χ1) is 13.0. The van der Waals surface area contributed by atoms with E-state index in [4.69, 9.17) is 5.73 Å². The van der Waals surface area contributed by atoms with E-state index in [1.807, 2.05) is 18.2 Å². The van der Waals surface area contributed by atoms with Crippen molar-refractivity contribution < 1.29 is 9.18 Å². The molecule has 2 aromatic heterocycles. The van der Waals surface area contributed by atoms with Crippen molar-refractivity contribution in [2.24, 2.45) is 5.73 Å². The van der Waals surface area contributed by atoms with Gasteiger partial charge in [-0.25, -0.2) is 4.39 Å². The average molecular weight is 368 g/mol. The Balaban J connectivity index is 1.59. The number of halogens is 1. The number of nitrogens with zero attached hydrogens (tertiary/aromatic N) is 1. The Hall–Kier alpha value is -2.93. The lowest BCUT2D eigenvalue weighted by Crippen LogP contribution is -2.33. The van der Waals surface area contributed by atoms with Gasteiger partial charge in [0.15, 0.2) is 0 Å². The van der Waals surface area contributed by atoms with Crippen molar-refractivity contribution in [3.8, 4) is 11.3 Å². The third kappa shape index (κ3) is 3.64.